The Morgan fingerprint density at radius 3 is 1.43 bits per heavy atom. The number of rotatable bonds is 5. The van der Waals surface area contributed by atoms with E-state index in [0.717, 1.165) is 17.3 Å². The van der Waals surface area contributed by atoms with Crippen LogP contribution in [0.1, 0.15) is 16.7 Å². The zero-order valence-electron chi connectivity index (χ0n) is 17.3. The van der Waals surface area contributed by atoms with Gasteiger partial charge in [0.25, 0.3) is 0 Å². The second-order valence-electron chi connectivity index (χ2n) is 7.56. The highest BCUT2D eigenvalue weighted by Gasteiger charge is 2.45. The second-order valence-corrected chi connectivity index (χ2v) is 11.0. The average Bonchev–Trinajstić information content (AvgIpc) is 2.77. The van der Waals surface area contributed by atoms with Gasteiger partial charge in [-0.1, -0.05) is 66.2 Å². The topological polar surface area (TPSA) is 20.2 Å². The lowest BCUT2D eigenvalue weighted by atomic mass is 10.1. The Kier molecular flexibility index (Phi) is 6.98. The Hall–Kier alpha value is -2.60. The van der Waals surface area contributed by atoms with Crippen LogP contribution >= 0.6 is 7.26 Å². The number of benzene rings is 4. The van der Waals surface area contributed by atoms with Crippen molar-refractivity contribution in [3.05, 3.63) is 120 Å². The fourth-order valence-electron chi connectivity index (χ4n) is 4.19. The van der Waals surface area contributed by atoms with E-state index in [4.69, 9.17) is 0 Å². The molecule has 4 rings (SSSR count). The third-order valence-electron chi connectivity index (χ3n) is 5.52. The Balaban J connectivity index is 0.00000256. The van der Waals surface area contributed by atoms with Crippen molar-refractivity contribution in [3.63, 3.8) is 0 Å². The van der Waals surface area contributed by atoms with Gasteiger partial charge in [0, 0.05) is 5.56 Å². The summed E-state index contributed by atoms with van der Waals surface area (Å²) in [4.78, 5) is 0. The van der Waals surface area contributed by atoms with E-state index >= 15 is 0 Å². The van der Waals surface area contributed by atoms with Crippen LogP contribution in [0.15, 0.2) is 103 Å². The Morgan fingerprint density at radius 2 is 1.03 bits per heavy atom. The van der Waals surface area contributed by atoms with E-state index in [9.17, 15) is 5.11 Å². The van der Waals surface area contributed by atoms with Crippen molar-refractivity contribution in [1.29, 1.82) is 0 Å². The summed E-state index contributed by atoms with van der Waals surface area (Å²) in [5.74, 6) is 0.419. The largest absolute Gasteiger partial charge is 1.00 e. The third kappa shape index (κ3) is 4.15. The van der Waals surface area contributed by atoms with Gasteiger partial charge in [0.05, 0.1) is 0 Å². The van der Waals surface area contributed by atoms with E-state index in [0.29, 0.717) is 5.75 Å². The highest BCUT2D eigenvalue weighted by Crippen LogP contribution is 2.59. The molecular weight excluding hydrogens is 407 g/mol. The molecule has 4 aromatic rings. The molecule has 0 atom stereocenters. The van der Waals surface area contributed by atoms with Crippen LogP contribution in [-0.4, -0.2) is 5.11 Å². The van der Waals surface area contributed by atoms with Crippen molar-refractivity contribution in [2.75, 3.05) is 0 Å². The van der Waals surface area contributed by atoms with E-state index in [1.165, 1.54) is 21.5 Å². The molecule has 0 fully saturated rings. The summed E-state index contributed by atoms with van der Waals surface area (Å²) in [6.45, 7) is 4.09. The monoisotopic (exact) mass is 432 g/mol. The second kappa shape index (κ2) is 9.47. The lowest BCUT2D eigenvalue weighted by Gasteiger charge is -2.28. The molecule has 0 aromatic heterocycles. The molecule has 0 aliphatic rings. The van der Waals surface area contributed by atoms with Gasteiger partial charge in [-0.2, -0.15) is 0 Å². The quantitative estimate of drug-likeness (QED) is 0.480. The van der Waals surface area contributed by atoms with Crippen LogP contribution in [0.4, 0.5) is 0 Å². The van der Waals surface area contributed by atoms with Gasteiger partial charge in [0.2, 0.25) is 0 Å². The summed E-state index contributed by atoms with van der Waals surface area (Å²) in [6, 6.07) is 36.6. The molecule has 0 saturated carbocycles. The first-order valence-corrected chi connectivity index (χ1v) is 11.9. The molecule has 1 nitrogen and oxygen atoms in total. The van der Waals surface area contributed by atoms with E-state index in [1.54, 1.807) is 0 Å². The van der Waals surface area contributed by atoms with Crippen molar-refractivity contribution in [1.82, 2.24) is 0 Å². The van der Waals surface area contributed by atoms with E-state index < -0.39 is 7.26 Å². The number of phenols is 1. The standard InChI is InChI=1S/C27H25OP.ClH/c1-21-18-22(2)27(28)23(19-21)20-29(24-12-6-3-7-13-24,25-14-8-4-9-15-25)26-16-10-5-11-17-26;/h3-19H,20H2,1-2H3;1H. The van der Waals surface area contributed by atoms with Gasteiger partial charge in [0.15, 0.2) is 0 Å². The van der Waals surface area contributed by atoms with Gasteiger partial charge >= 0.3 is 0 Å². The maximum atomic E-state index is 10.9. The number of hydrogen-bond acceptors (Lipinski definition) is 1. The number of halogens is 1. The van der Waals surface area contributed by atoms with E-state index in [1.807, 2.05) is 13.0 Å². The summed E-state index contributed by atoms with van der Waals surface area (Å²) >= 11 is 0. The van der Waals surface area contributed by atoms with Gasteiger partial charge < -0.3 is 17.5 Å². The van der Waals surface area contributed by atoms with Crippen molar-refractivity contribution in [2.24, 2.45) is 0 Å². The minimum Gasteiger partial charge on any atom is -1.00 e. The molecule has 0 radical (unpaired) electrons. The number of aromatic hydroxyl groups is 1. The van der Waals surface area contributed by atoms with Crippen LogP contribution in [0.5, 0.6) is 5.75 Å². The number of hydrogen-bond donors (Lipinski definition) is 1. The minimum atomic E-state index is -2.00. The fourth-order valence-corrected chi connectivity index (χ4v) is 8.43. The van der Waals surface area contributed by atoms with Gasteiger partial charge in [-0.05, 0) is 61.9 Å². The Labute approximate surface area is 186 Å². The van der Waals surface area contributed by atoms with Crippen molar-refractivity contribution < 1.29 is 17.5 Å². The first kappa shape index (κ1) is 22.1. The van der Waals surface area contributed by atoms with Gasteiger partial charge in [0.1, 0.15) is 35.1 Å². The zero-order valence-corrected chi connectivity index (χ0v) is 18.9. The van der Waals surface area contributed by atoms with Crippen LogP contribution in [-0.2, 0) is 6.16 Å². The Bertz CT molecular complexity index is 999. The Morgan fingerprint density at radius 1 is 0.633 bits per heavy atom. The number of aryl methyl sites for hydroxylation is 2. The first-order chi connectivity index (χ1) is 14.1. The van der Waals surface area contributed by atoms with Gasteiger partial charge in [-0.3, -0.25) is 0 Å². The predicted octanol–water partition coefficient (Wildman–Crippen LogP) is 2.51. The normalized spacial score (nSPS) is 11.0. The molecule has 0 saturated heterocycles. The van der Waals surface area contributed by atoms with Crippen LogP contribution < -0.4 is 28.3 Å². The fraction of sp³-hybridized carbons (Fsp3) is 0.111. The highest BCUT2D eigenvalue weighted by atomic mass is 35.5. The van der Waals surface area contributed by atoms with Gasteiger partial charge in [-0.25, -0.2) is 0 Å². The highest BCUT2D eigenvalue weighted by molar-refractivity contribution is 7.95. The van der Waals surface area contributed by atoms with E-state index in [2.05, 4.69) is 104 Å². The molecule has 1 N–H and O–H groups in total. The summed E-state index contributed by atoms with van der Waals surface area (Å²) in [5.41, 5.74) is 3.14. The van der Waals surface area contributed by atoms with Crippen LogP contribution in [0.25, 0.3) is 0 Å². The van der Waals surface area contributed by atoms with Crippen molar-refractivity contribution >= 4 is 23.2 Å². The molecule has 0 unspecified atom stereocenters. The molecule has 4 aromatic carbocycles. The molecule has 0 bridgehead atoms. The molecule has 0 spiro atoms. The third-order valence-corrected chi connectivity index (χ3v) is 9.88. The lowest BCUT2D eigenvalue weighted by molar-refractivity contribution is -0.00000671. The average molecular weight is 433 g/mol. The molecule has 0 aliphatic heterocycles. The summed E-state index contributed by atoms with van der Waals surface area (Å²) < 4.78 is 0. The molecule has 0 aliphatic carbocycles. The molecule has 0 heterocycles. The van der Waals surface area contributed by atoms with Crippen molar-refractivity contribution in [3.8, 4) is 5.75 Å². The SMILES string of the molecule is Cc1cc(C)c(O)c(C[P+](c2ccccc2)(c2ccccc2)c2ccccc2)c1.[Cl-]. The van der Waals surface area contributed by atoms with Gasteiger partial charge in [-0.15, -0.1) is 0 Å². The predicted molar refractivity (Wildman–Crippen MR) is 126 cm³/mol. The summed E-state index contributed by atoms with van der Waals surface area (Å²) in [6.07, 6.45) is 0.791. The minimum absolute atomic E-state index is 0. The molecule has 0 amide bonds. The maximum absolute atomic E-state index is 10.9. The summed E-state index contributed by atoms with van der Waals surface area (Å²) in [7, 11) is -2.00. The number of phenolic OH excluding ortho intramolecular Hbond substituents is 1. The van der Waals surface area contributed by atoms with Crippen LogP contribution in [0, 0.1) is 13.8 Å². The first-order valence-electron chi connectivity index (χ1n) is 9.95. The van der Waals surface area contributed by atoms with Crippen LogP contribution in [0.3, 0.4) is 0 Å². The molecule has 3 heteroatoms. The van der Waals surface area contributed by atoms with E-state index in [-0.39, 0.29) is 12.4 Å². The smallest absolute Gasteiger partial charge is 0.125 e. The maximum Gasteiger partial charge on any atom is 0.125 e. The summed E-state index contributed by atoms with van der Waals surface area (Å²) in [5, 5.41) is 14.9. The lowest BCUT2D eigenvalue weighted by Crippen LogP contribution is -3.00. The molecular formula is C27H26ClOP. The zero-order chi connectivity index (χ0) is 20.3. The molecule has 30 heavy (non-hydrogen) atoms. The van der Waals surface area contributed by atoms with Crippen LogP contribution in [0.2, 0.25) is 0 Å². The van der Waals surface area contributed by atoms with Crippen molar-refractivity contribution in [2.45, 2.75) is 20.0 Å². The molecule has 152 valence electrons.